The number of hydrogen-bond acceptors (Lipinski definition) is 4. The van der Waals surface area contributed by atoms with Crippen LogP contribution in [0.3, 0.4) is 0 Å². The van der Waals surface area contributed by atoms with Crippen LogP contribution in [0.5, 0.6) is 17.2 Å². The van der Waals surface area contributed by atoms with Crippen molar-refractivity contribution in [3.8, 4) is 17.2 Å². The van der Waals surface area contributed by atoms with Gasteiger partial charge in [-0.2, -0.15) is 0 Å². The fourth-order valence-electron chi connectivity index (χ4n) is 2.23. The number of methoxy groups -OCH3 is 2. The monoisotopic (exact) mass is 315 g/mol. The molecule has 23 heavy (non-hydrogen) atoms. The Balaban J connectivity index is 1.99. The molecule has 1 amide bonds. The van der Waals surface area contributed by atoms with Gasteiger partial charge in [-0.1, -0.05) is 6.07 Å². The molecule has 0 aliphatic heterocycles. The molecule has 0 unspecified atom stereocenters. The Hall–Kier alpha value is -2.69. The largest absolute Gasteiger partial charge is 0.506 e. The lowest BCUT2D eigenvalue weighted by atomic mass is 10.1. The molecule has 0 heterocycles. The minimum absolute atomic E-state index is 0.0707. The smallest absolute Gasteiger partial charge is 0.224 e. The van der Waals surface area contributed by atoms with Crippen molar-refractivity contribution in [1.82, 2.24) is 0 Å². The van der Waals surface area contributed by atoms with Crippen LogP contribution in [0.15, 0.2) is 36.4 Å². The molecule has 0 spiro atoms. The molecule has 0 aromatic heterocycles. The second kappa shape index (κ2) is 7.54. The van der Waals surface area contributed by atoms with E-state index in [9.17, 15) is 9.90 Å². The topological polar surface area (TPSA) is 67.8 Å². The number of phenols is 1. The van der Waals surface area contributed by atoms with Crippen LogP contribution in [0.4, 0.5) is 5.69 Å². The number of nitrogens with one attached hydrogen (secondary N) is 1. The van der Waals surface area contributed by atoms with Crippen molar-refractivity contribution in [2.75, 3.05) is 19.5 Å². The predicted molar refractivity (Wildman–Crippen MR) is 89.3 cm³/mol. The van der Waals surface area contributed by atoms with E-state index >= 15 is 0 Å². The van der Waals surface area contributed by atoms with Gasteiger partial charge in [-0.25, -0.2) is 0 Å². The average molecular weight is 315 g/mol. The summed E-state index contributed by atoms with van der Waals surface area (Å²) < 4.78 is 10.4. The summed E-state index contributed by atoms with van der Waals surface area (Å²) in [5.74, 6) is 1.29. The lowest BCUT2D eigenvalue weighted by molar-refractivity contribution is -0.116. The maximum atomic E-state index is 12.0. The van der Waals surface area contributed by atoms with Gasteiger partial charge in [0.25, 0.3) is 0 Å². The van der Waals surface area contributed by atoms with Crippen LogP contribution in [-0.2, 0) is 11.2 Å². The first-order valence-corrected chi connectivity index (χ1v) is 7.33. The van der Waals surface area contributed by atoms with E-state index in [4.69, 9.17) is 9.47 Å². The Morgan fingerprint density at radius 3 is 2.30 bits per heavy atom. The van der Waals surface area contributed by atoms with Crippen molar-refractivity contribution in [3.05, 3.63) is 47.5 Å². The van der Waals surface area contributed by atoms with Crippen molar-refractivity contribution in [1.29, 1.82) is 0 Å². The first-order valence-electron chi connectivity index (χ1n) is 7.33. The minimum Gasteiger partial charge on any atom is -0.506 e. The van der Waals surface area contributed by atoms with E-state index in [1.165, 1.54) is 0 Å². The summed E-state index contributed by atoms with van der Waals surface area (Å²) in [4.78, 5) is 12.0. The molecular weight excluding hydrogens is 294 g/mol. The number of benzene rings is 2. The first-order chi connectivity index (χ1) is 11.0. The lowest BCUT2D eigenvalue weighted by Crippen LogP contribution is -2.12. The summed E-state index contributed by atoms with van der Waals surface area (Å²) in [7, 11) is 3.18. The standard InChI is InChI=1S/C18H21NO4/c1-12-4-6-16(17(20)8-12)19-18(21)7-5-13-9-14(22-2)11-15(10-13)23-3/h4,6,8-11,20H,5,7H2,1-3H3,(H,19,21). The Morgan fingerprint density at radius 1 is 1.09 bits per heavy atom. The zero-order valence-corrected chi connectivity index (χ0v) is 13.6. The quantitative estimate of drug-likeness (QED) is 0.803. The Morgan fingerprint density at radius 2 is 1.74 bits per heavy atom. The van der Waals surface area contributed by atoms with Gasteiger partial charge in [-0.3, -0.25) is 4.79 Å². The third-order valence-electron chi connectivity index (χ3n) is 3.48. The number of phenolic OH excluding ortho intramolecular Hbond substituents is 1. The van der Waals surface area contributed by atoms with Crippen molar-refractivity contribution in [2.45, 2.75) is 19.8 Å². The van der Waals surface area contributed by atoms with E-state index in [1.807, 2.05) is 25.1 Å². The van der Waals surface area contributed by atoms with Crippen LogP contribution in [0, 0.1) is 6.92 Å². The zero-order valence-electron chi connectivity index (χ0n) is 13.6. The summed E-state index contributed by atoms with van der Waals surface area (Å²) in [5, 5.41) is 12.5. The van der Waals surface area contributed by atoms with Gasteiger partial charge in [0, 0.05) is 12.5 Å². The molecule has 2 aromatic rings. The number of carbonyl (C=O) groups excluding carboxylic acids is 1. The fraction of sp³-hybridized carbons (Fsp3) is 0.278. The highest BCUT2D eigenvalue weighted by atomic mass is 16.5. The number of rotatable bonds is 6. The number of carbonyl (C=O) groups is 1. The van der Waals surface area contributed by atoms with Crippen LogP contribution >= 0.6 is 0 Å². The molecule has 2 rings (SSSR count). The molecule has 0 saturated carbocycles. The second-order valence-electron chi connectivity index (χ2n) is 5.29. The van der Waals surface area contributed by atoms with Gasteiger partial charge >= 0.3 is 0 Å². The molecule has 5 heteroatoms. The van der Waals surface area contributed by atoms with Gasteiger partial charge < -0.3 is 19.9 Å². The van der Waals surface area contributed by atoms with Gasteiger partial charge in [-0.15, -0.1) is 0 Å². The van der Waals surface area contributed by atoms with E-state index in [2.05, 4.69) is 5.32 Å². The van der Waals surface area contributed by atoms with Gasteiger partial charge in [0.15, 0.2) is 0 Å². The fourth-order valence-corrected chi connectivity index (χ4v) is 2.23. The molecule has 0 aliphatic carbocycles. The summed E-state index contributed by atoms with van der Waals surface area (Å²) >= 11 is 0. The SMILES string of the molecule is COc1cc(CCC(=O)Nc2ccc(C)cc2O)cc(OC)c1. The van der Waals surface area contributed by atoms with Crippen LogP contribution < -0.4 is 14.8 Å². The Labute approximate surface area is 135 Å². The van der Waals surface area contributed by atoms with Gasteiger partial charge in [0.1, 0.15) is 17.2 Å². The second-order valence-corrected chi connectivity index (χ2v) is 5.29. The van der Waals surface area contributed by atoms with E-state index in [-0.39, 0.29) is 11.7 Å². The summed E-state index contributed by atoms with van der Waals surface area (Å²) in [6, 6.07) is 10.7. The molecule has 0 radical (unpaired) electrons. The number of hydrogen-bond donors (Lipinski definition) is 2. The zero-order chi connectivity index (χ0) is 16.8. The molecule has 122 valence electrons. The van der Waals surface area contributed by atoms with Crippen LogP contribution in [0.1, 0.15) is 17.5 Å². The highest BCUT2D eigenvalue weighted by molar-refractivity contribution is 5.92. The van der Waals surface area contributed by atoms with Crippen LogP contribution in [-0.4, -0.2) is 25.2 Å². The number of amides is 1. The molecule has 0 atom stereocenters. The van der Waals surface area contributed by atoms with Crippen LogP contribution in [0.2, 0.25) is 0 Å². The molecule has 0 fully saturated rings. The van der Waals surface area contributed by atoms with Gasteiger partial charge in [0.05, 0.1) is 19.9 Å². The van der Waals surface area contributed by atoms with Gasteiger partial charge in [-0.05, 0) is 48.7 Å². The normalized spacial score (nSPS) is 10.2. The molecule has 2 N–H and O–H groups in total. The molecule has 0 bridgehead atoms. The highest BCUT2D eigenvalue weighted by Gasteiger charge is 2.08. The van der Waals surface area contributed by atoms with Crippen LogP contribution in [0.25, 0.3) is 0 Å². The van der Waals surface area contributed by atoms with E-state index in [0.717, 1.165) is 11.1 Å². The third-order valence-corrected chi connectivity index (χ3v) is 3.48. The maximum Gasteiger partial charge on any atom is 0.224 e. The predicted octanol–water partition coefficient (Wildman–Crippen LogP) is 3.29. The van der Waals surface area contributed by atoms with E-state index < -0.39 is 0 Å². The summed E-state index contributed by atoms with van der Waals surface area (Å²) in [5.41, 5.74) is 2.30. The molecule has 2 aromatic carbocycles. The lowest BCUT2D eigenvalue weighted by Gasteiger charge is -2.10. The number of aromatic hydroxyl groups is 1. The molecular formula is C18H21NO4. The van der Waals surface area contributed by atoms with Crippen molar-refractivity contribution in [3.63, 3.8) is 0 Å². The first kappa shape index (κ1) is 16.7. The van der Waals surface area contributed by atoms with Crippen molar-refractivity contribution < 1.29 is 19.4 Å². The van der Waals surface area contributed by atoms with Crippen molar-refractivity contribution >= 4 is 11.6 Å². The average Bonchev–Trinajstić information content (AvgIpc) is 2.55. The Bertz CT molecular complexity index is 675. The Kier molecular flexibility index (Phi) is 5.46. The summed E-state index contributed by atoms with van der Waals surface area (Å²) in [6.45, 7) is 1.88. The van der Waals surface area contributed by atoms with Crippen molar-refractivity contribution in [2.24, 2.45) is 0 Å². The number of ether oxygens (including phenoxy) is 2. The number of aryl methyl sites for hydroxylation is 2. The molecule has 0 aliphatic rings. The van der Waals surface area contributed by atoms with E-state index in [1.54, 1.807) is 32.4 Å². The molecule has 0 saturated heterocycles. The maximum absolute atomic E-state index is 12.0. The van der Waals surface area contributed by atoms with E-state index in [0.29, 0.717) is 30.0 Å². The third kappa shape index (κ3) is 4.64. The number of anilines is 1. The van der Waals surface area contributed by atoms with Gasteiger partial charge in [0.2, 0.25) is 5.91 Å². The minimum atomic E-state index is -0.161. The molecule has 5 nitrogen and oxygen atoms in total. The summed E-state index contributed by atoms with van der Waals surface area (Å²) in [6.07, 6.45) is 0.843. The highest BCUT2D eigenvalue weighted by Crippen LogP contribution is 2.25.